The predicted octanol–water partition coefficient (Wildman–Crippen LogP) is 3.37. The zero-order chi connectivity index (χ0) is 15.3. The van der Waals surface area contributed by atoms with Gasteiger partial charge in [-0.05, 0) is 45.0 Å². The number of aromatic amines is 1. The second-order valence-electron chi connectivity index (χ2n) is 5.64. The van der Waals surface area contributed by atoms with Crippen LogP contribution >= 0.6 is 0 Å². The van der Waals surface area contributed by atoms with Crippen LogP contribution in [0.5, 0.6) is 0 Å². The number of hydrogen-bond acceptors (Lipinski definition) is 4. The van der Waals surface area contributed by atoms with Crippen LogP contribution in [-0.4, -0.2) is 21.9 Å². The molecule has 0 aliphatic carbocycles. The van der Waals surface area contributed by atoms with Crippen LogP contribution in [0, 0.1) is 0 Å². The highest BCUT2D eigenvalue weighted by Crippen LogP contribution is 2.17. The van der Waals surface area contributed by atoms with Gasteiger partial charge >= 0.3 is 6.09 Å². The summed E-state index contributed by atoms with van der Waals surface area (Å²) in [5, 5.41) is 12.7. The Morgan fingerprint density at radius 2 is 2.05 bits per heavy atom. The minimum atomic E-state index is -0.513. The zero-order valence-electron chi connectivity index (χ0n) is 12.4. The van der Waals surface area contributed by atoms with Crippen LogP contribution in [0.25, 0.3) is 0 Å². The average molecular weight is 288 g/mol. The molecule has 0 bridgehead atoms. The fourth-order valence-corrected chi connectivity index (χ4v) is 1.71. The lowest BCUT2D eigenvalue weighted by molar-refractivity contribution is 0.0636. The lowest BCUT2D eigenvalue weighted by Gasteiger charge is -2.19. The molecule has 0 saturated carbocycles. The van der Waals surface area contributed by atoms with Gasteiger partial charge in [-0.25, -0.2) is 4.79 Å². The van der Waals surface area contributed by atoms with Crippen LogP contribution in [0.15, 0.2) is 36.5 Å². The van der Waals surface area contributed by atoms with Gasteiger partial charge in [0.25, 0.3) is 0 Å². The second-order valence-corrected chi connectivity index (χ2v) is 5.64. The predicted molar refractivity (Wildman–Crippen MR) is 82.2 cm³/mol. The lowest BCUT2D eigenvalue weighted by Crippen LogP contribution is -2.27. The van der Waals surface area contributed by atoms with Gasteiger partial charge in [0, 0.05) is 17.6 Å². The summed E-state index contributed by atoms with van der Waals surface area (Å²) < 4.78 is 5.22. The topological polar surface area (TPSA) is 79.0 Å². The van der Waals surface area contributed by atoms with Gasteiger partial charge in [-0.15, -0.1) is 0 Å². The number of nitrogens with zero attached hydrogens (tertiary/aromatic N) is 1. The minimum absolute atomic E-state index is 0.465. The number of carbonyl (C=O) groups is 1. The second kappa shape index (κ2) is 6.30. The van der Waals surface area contributed by atoms with Crippen molar-refractivity contribution in [2.75, 3.05) is 10.6 Å². The van der Waals surface area contributed by atoms with Gasteiger partial charge in [0.15, 0.2) is 0 Å². The first-order chi connectivity index (χ1) is 9.92. The van der Waals surface area contributed by atoms with E-state index in [9.17, 15) is 4.79 Å². The smallest absolute Gasteiger partial charge is 0.412 e. The maximum Gasteiger partial charge on any atom is 0.412 e. The molecule has 21 heavy (non-hydrogen) atoms. The number of hydrogen-bond donors (Lipinski definition) is 3. The van der Waals surface area contributed by atoms with Crippen molar-refractivity contribution >= 4 is 17.5 Å². The molecule has 0 saturated heterocycles. The molecular formula is C15H20N4O2. The fraction of sp³-hybridized carbons (Fsp3) is 0.333. The van der Waals surface area contributed by atoms with Gasteiger partial charge in [0.1, 0.15) is 5.60 Å². The number of ether oxygens (including phenoxy) is 1. The molecule has 2 aromatic rings. The van der Waals surface area contributed by atoms with Crippen molar-refractivity contribution in [1.82, 2.24) is 10.2 Å². The van der Waals surface area contributed by atoms with Crippen LogP contribution in [0.2, 0.25) is 0 Å². The van der Waals surface area contributed by atoms with Crippen LogP contribution in [0.3, 0.4) is 0 Å². The number of nitrogens with one attached hydrogen (secondary N) is 3. The number of benzene rings is 1. The van der Waals surface area contributed by atoms with Crippen molar-refractivity contribution in [3.05, 3.63) is 42.2 Å². The van der Waals surface area contributed by atoms with Crippen LogP contribution in [-0.2, 0) is 11.3 Å². The number of aromatic nitrogens is 2. The Morgan fingerprint density at radius 3 is 2.71 bits per heavy atom. The Labute approximate surface area is 123 Å². The quantitative estimate of drug-likeness (QED) is 0.806. The molecule has 1 aromatic carbocycles. The highest BCUT2D eigenvalue weighted by Gasteiger charge is 2.16. The van der Waals surface area contributed by atoms with Crippen LogP contribution in [0.1, 0.15) is 26.5 Å². The summed E-state index contributed by atoms with van der Waals surface area (Å²) in [6, 6.07) is 9.35. The van der Waals surface area contributed by atoms with Crippen LogP contribution in [0.4, 0.5) is 16.2 Å². The lowest BCUT2D eigenvalue weighted by atomic mass is 10.2. The third kappa shape index (κ3) is 5.18. The average Bonchev–Trinajstić information content (AvgIpc) is 2.87. The Kier molecular flexibility index (Phi) is 4.47. The summed E-state index contributed by atoms with van der Waals surface area (Å²) in [7, 11) is 0. The van der Waals surface area contributed by atoms with Crippen molar-refractivity contribution in [2.45, 2.75) is 32.9 Å². The summed E-state index contributed by atoms with van der Waals surface area (Å²) >= 11 is 0. The summed E-state index contributed by atoms with van der Waals surface area (Å²) in [6.07, 6.45) is 1.24. The molecule has 112 valence electrons. The Balaban J connectivity index is 1.92. The normalized spacial score (nSPS) is 11.0. The van der Waals surface area contributed by atoms with Crippen molar-refractivity contribution in [2.24, 2.45) is 0 Å². The van der Waals surface area contributed by atoms with E-state index in [-0.39, 0.29) is 0 Å². The summed E-state index contributed by atoms with van der Waals surface area (Å²) in [5.74, 6) is 0. The van der Waals surface area contributed by atoms with Crippen molar-refractivity contribution in [1.29, 1.82) is 0 Å². The molecule has 0 spiro atoms. The molecule has 3 N–H and O–H groups in total. The number of anilines is 2. The maximum atomic E-state index is 11.7. The monoisotopic (exact) mass is 288 g/mol. The number of rotatable bonds is 4. The van der Waals surface area contributed by atoms with Gasteiger partial charge < -0.3 is 10.1 Å². The first-order valence-electron chi connectivity index (χ1n) is 6.74. The zero-order valence-corrected chi connectivity index (χ0v) is 12.4. The van der Waals surface area contributed by atoms with Gasteiger partial charge in [0.2, 0.25) is 0 Å². The molecule has 2 rings (SSSR count). The highest BCUT2D eigenvalue weighted by molar-refractivity contribution is 5.85. The van der Waals surface area contributed by atoms with E-state index in [4.69, 9.17) is 4.74 Å². The van der Waals surface area contributed by atoms with E-state index in [2.05, 4.69) is 20.8 Å². The first-order valence-corrected chi connectivity index (χ1v) is 6.74. The fourth-order valence-electron chi connectivity index (χ4n) is 1.71. The molecular weight excluding hydrogens is 268 g/mol. The number of carbonyl (C=O) groups excluding carboxylic acids is 1. The molecule has 0 radical (unpaired) electrons. The molecule has 6 heteroatoms. The number of H-pyrrole nitrogens is 1. The summed E-state index contributed by atoms with van der Waals surface area (Å²) in [4.78, 5) is 11.7. The standard InChI is InChI=1S/C15H20N4O2/c1-15(2,3)21-14(20)18-12-6-4-5-11(9-12)16-10-13-7-8-17-19-13/h4-9,16H,10H2,1-3H3,(H,17,19)(H,18,20). The third-order valence-corrected chi connectivity index (χ3v) is 2.55. The largest absolute Gasteiger partial charge is 0.444 e. The molecule has 1 amide bonds. The van der Waals surface area contributed by atoms with E-state index in [0.717, 1.165) is 11.4 Å². The van der Waals surface area contributed by atoms with Crippen molar-refractivity contribution in [3.8, 4) is 0 Å². The molecule has 0 aliphatic heterocycles. The molecule has 6 nitrogen and oxygen atoms in total. The van der Waals surface area contributed by atoms with E-state index < -0.39 is 11.7 Å². The molecule has 0 fully saturated rings. The number of amides is 1. The van der Waals surface area contributed by atoms with E-state index in [1.54, 1.807) is 6.20 Å². The third-order valence-electron chi connectivity index (χ3n) is 2.55. The van der Waals surface area contributed by atoms with Gasteiger partial charge in [0.05, 0.1) is 12.2 Å². The van der Waals surface area contributed by atoms with Gasteiger partial charge in [-0.2, -0.15) is 5.10 Å². The van der Waals surface area contributed by atoms with E-state index in [1.807, 2.05) is 51.1 Å². The Morgan fingerprint density at radius 1 is 1.29 bits per heavy atom. The maximum absolute atomic E-state index is 11.7. The summed E-state index contributed by atoms with van der Waals surface area (Å²) in [5.41, 5.74) is 2.05. The molecule has 0 aliphatic rings. The first kappa shape index (κ1) is 14.9. The molecule has 1 heterocycles. The van der Waals surface area contributed by atoms with Gasteiger partial charge in [-0.3, -0.25) is 10.4 Å². The molecule has 0 unspecified atom stereocenters. The van der Waals surface area contributed by atoms with E-state index in [1.165, 1.54) is 0 Å². The highest BCUT2D eigenvalue weighted by atomic mass is 16.6. The minimum Gasteiger partial charge on any atom is -0.444 e. The molecule has 1 aromatic heterocycles. The Bertz CT molecular complexity index is 588. The Hall–Kier alpha value is -2.50. The summed E-state index contributed by atoms with van der Waals surface area (Å²) in [6.45, 7) is 6.12. The van der Waals surface area contributed by atoms with Crippen molar-refractivity contribution in [3.63, 3.8) is 0 Å². The van der Waals surface area contributed by atoms with Crippen molar-refractivity contribution < 1.29 is 9.53 Å². The van der Waals surface area contributed by atoms with Gasteiger partial charge in [-0.1, -0.05) is 6.07 Å². The SMILES string of the molecule is CC(C)(C)OC(=O)Nc1cccc(NCc2ccn[nH]2)c1. The van der Waals surface area contributed by atoms with E-state index in [0.29, 0.717) is 12.2 Å². The van der Waals surface area contributed by atoms with Crippen LogP contribution < -0.4 is 10.6 Å². The molecule has 0 atom stereocenters. The van der Waals surface area contributed by atoms with E-state index >= 15 is 0 Å².